The van der Waals surface area contributed by atoms with Crippen molar-refractivity contribution in [1.29, 1.82) is 0 Å². The number of carbonyl (C=O) groups excluding carboxylic acids is 1. The van der Waals surface area contributed by atoms with Crippen LogP contribution < -0.4 is 10.1 Å². The van der Waals surface area contributed by atoms with Gasteiger partial charge in [-0.25, -0.2) is 4.79 Å². The Morgan fingerprint density at radius 3 is 2.17 bits per heavy atom. The molecule has 0 aliphatic rings. The molecular weight excluding hydrogens is 331 g/mol. The van der Waals surface area contributed by atoms with E-state index in [1.165, 1.54) is 33.1 Å². The number of benzene rings is 1. The lowest BCUT2D eigenvalue weighted by molar-refractivity contribution is -0.274. The van der Waals surface area contributed by atoms with Crippen LogP contribution in [-0.2, 0) is 19.7 Å². The van der Waals surface area contributed by atoms with E-state index in [9.17, 15) is 22.8 Å². The van der Waals surface area contributed by atoms with E-state index < -0.39 is 35.4 Å². The van der Waals surface area contributed by atoms with Crippen LogP contribution in [0.25, 0.3) is 0 Å². The van der Waals surface area contributed by atoms with Crippen LogP contribution in [0.15, 0.2) is 24.3 Å². The topological polar surface area (TPSA) is 84.9 Å². The van der Waals surface area contributed by atoms with E-state index in [1.807, 2.05) is 0 Å². The monoisotopic (exact) mass is 349 g/mol. The largest absolute Gasteiger partial charge is 0.573 e. The predicted molar refractivity (Wildman–Crippen MR) is 77.6 cm³/mol. The van der Waals surface area contributed by atoms with Gasteiger partial charge in [0.25, 0.3) is 0 Å². The van der Waals surface area contributed by atoms with Crippen LogP contribution in [0.2, 0.25) is 0 Å². The van der Waals surface area contributed by atoms with Crippen molar-refractivity contribution in [3.63, 3.8) is 0 Å². The Labute approximate surface area is 136 Å². The second-order valence-electron chi connectivity index (χ2n) is 5.52. The van der Waals surface area contributed by atoms with Crippen molar-refractivity contribution < 1.29 is 37.3 Å². The molecule has 0 radical (unpaired) electrons. The standard InChI is InChI=1S/C15H18F3NO5/c1-14(2,13(22)19-11(8-23-3)12(20)21)9-4-6-10(7-5-9)24-15(16,17)18/h4-7,11H,8H2,1-3H3,(H,19,22)(H,20,21). The van der Waals surface area contributed by atoms with Crippen molar-refractivity contribution in [2.24, 2.45) is 0 Å². The average Bonchev–Trinajstić information content (AvgIpc) is 2.45. The molecule has 6 nitrogen and oxygen atoms in total. The van der Waals surface area contributed by atoms with Gasteiger partial charge in [0.1, 0.15) is 5.75 Å². The number of amides is 1. The van der Waals surface area contributed by atoms with E-state index in [2.05, 4.69) is 10.1 Å². The van der Waals surface area contributed by atoms with Crippen molar-refractivity contribution in [2.45, 2.75) is 31.7 Å². The molecule has 0 aromatic heterocycles. The van der Waals surface area contributed by atoms with Crippen molar-refractivity contribution >= 4 is 11.9 Å². The summed E-state index contributed by atoms with van der Waals surface area (Å²) in [6.07, 6.45) is -4.80. The second-order valence-corrected chi connectivity index (χ2v) is 5.52. The summed E-state index contributed by atoms with van der Waals surface area (Å²) in [7, 11) is 1.30. The number of hydrogen-bond acceptors (Lipinski definition) is 4. The molecule has 0 saturated carbocycles. The quantitative estimate of drug-likeness (QED) is 0.787. The van der Waals surface area contributed by atoms with Gasteiger partial charge in [-0.3, -0.25) is 4.79 Å². The van der Waals surface area contributed by atoms with Crippen LogP contribution in [0, 0.1) is 0 Å². The molecule has 1 unspecified atom stereocenters. The number of carboxylic acid groups (broad SMARTS) is 1. The van der Waals surface area contributed by atoms with Gasteiger partial charge in [-0.05, 0) is 31.5 Å². The maximum Gasteiger partial charge on any atom is 0.573 e. The molecule has 1 amide bonds. The molecule has 24 heavy (non-hydrogen) atoms. The molecule has 2 N–H and O–H groups in total. The van der Waals surface area contributed by atoms with E-state index in [1.54, 1.807) is 0 Å². The first-order valence-electron chi connectivity index (χ1n) is 6.86. The van der Waals surface area contributed by atoms with Gasteiger partial charge in [0.2, 0.25) is 5.91 Å². The first-order valence-corrected chi connectivity index (χ1v) is 6.86. The van der Waals surface area contributed by atoms with E-state index in [-0.39, 0.29) is 6.61 Å². The smallest absolute Gasteiger partial charge is 0.480 e. The van der Waals surface area contributed by atoms with Crippen molar-refractivity contribution in [1.82, 2.24) is 5.32 Å². The molecule has 0 aliphatic carbocycles. The molecule has 1 aromatic carbocycles. The summed E-state index contributed by atoms with van der Waals surface area (Å²) in [5, 5.41) is 11.4. The molecule has 0 fully saturated rings. The predicted octanol–water partition coefficient (Wildman–Crippen LogP) is 2.08. The SMILES string of the molecule is COCC(NC(=O)C(C)(C)c1ccc(OC(F)(F)F)cc1)C(=O)O. The maximum atomic E-state index is 12.3. The number of aliphatic carboxylic acids is 1. The number of halogens is 3. The van der Waals surface area contributed by atoms with Crippen LogP contribution in [0.1, 0.15) is 19.4 Å². The Balaban J connectivity index is 2.90. The zero-order chi connectivity index (χ0) is 18.5. The Hall–Kier alpha value is -2.29. The summed E-state index contributed by atoms with van der Waals surface area (Å²) in [6.45, 7) is 2.83. The molecule has 134 valence electrons. The molecule has 0 bridgehead atoms. The lowest BCUT2D eigenvalue weighted by Gasteiger charge is -2.26. The normalized spacial score (nSPS) is 13.2. The minimum Gasteiger partial charge on any atom is -0.480 e. The maximum absolute atomic E-state index is 12.3. The molecule has 1 aromatic rings. The summed E-state index contributed by atoms with van der Waals surface area (Å²) in [5.41, 5.74) is -0.769. The fourth-order valence-electron chi connectivity index (χ4n) is 1.88. The highest BCUT2D eigenvalue weighted by atomic mass is 19.4. The summed E-state index contributed by atoms with van der Waals surface area (Å²) >= 11 is 0. The second kappa shape index (κ2) is 7.52. The highest BCUT2D eigenvalue weighted by molar-refractivity contribution is 5.90. The van der Waals surface area contributed by atoms with E-state index >= 15 is 0 Å². The van der Waals surface area contributed by atoms with E-state index in [4.69, 9.17) is 9.84 Å². The number of alkyl halides is 3. The molecule has 9 heteroatoms. The highest BCUT2D eigenvalue weighted by Crippen LogP contribution is 2.28. The lowest BCUT2D eigenvalue weighted by atomic mass is 9.83. The van der Waals surface area contributed by atoms with Crippen molar-refractivity contribution in [3.05, 3.63) is 29.8 Å². The molecular formula is C15H18F3NO5. The molecule has 0 spiro atoms. The van der Waals surface area contributed by atoms with Crippen LogP contribution in [0.4, 0.5) is 13.2 Å². The van der Waals surface area contributed by atoms with Crippen molar-refractivity contribution in [2.75, 3.05) is 13.7 Å². The van der Waals surface area contributed by atoms with Crippen LogP contribution in [-0.4, -0.2) is 43.1 Å². The number of methoxy groups -OCH3 is 1. The van der Waals surface area contributed by atoms with Gasteiger partial charge < -0.3 is 19.9 Å². The van der Waals surface area contributed by atoms with Crippen LogP contribution >= 0.6 is 0 Å². The Morgan fingerprint density at radius 1 is 1.21 bits per heavy atom. The third-order valence-corrected chi connectivity index (χ3v) is 3.31. The van der Waals surface area contributed by atoms with Gasteiger partial charge in [0.05, 0.1) is 12.0 Å². The average molecular weight is 349 g/mol. The van der Waals surface area contributed by atoms with Crippen LogP contribution in [0.5, 0.6) is 5.75 Å². The Bertz CT molecular complexity index is 584. The number of carbonyl (C=O) groups is 2. The summed E-state index contributed by atoms with van der Waals surface area (Å²) < 4.78 is 44.9. The fraction of sp³-hybridized carbons (Fsp3) is 0.467. The third kappa shape index (κ3) is 5.41. The fourth-order valence-corrected chi connectivity index (χ4v) is 1.88. The minimum absolute atomic E-state index is 0.213. The number of nitrogens with one attached hydrogen (secondary N) is 1. The first kappa shape index (κ1) is 19.8. The zero-order valence-corrected chi connectivity index (χ0v) is 13.3. The Kier molecular flexibility index (Phi) is 6.19. The summed E-state index contributed by atoms with van der Waals surface area (Å²) in [4.78, 5) is 23.4. The van der Waals surface area contributed by atoms with E-state index in [0.29, 0.717) is 5.56 Å². The first-order chi connectivity index (χ1) is 11.0. The highest BCUT2D eigenvalue weighted by Gasteiger charge is 2.34. The minimum atomic E-state index is -4.80. The lowest BCUT2D eigenvalue weighted by Crippen LogP contribution is -2.50. The van der Waals surface area contributed by atoms with Gasteiger partial charge in [0.15, 0.2) is 6.04 Å². The number of hydrogen-bond donors (Lipinski definition) is 2. The molecule has 1 rings (SSSR count). The number of carboxylic acids is 1. The molecule has 1 atom stereocenters. The van der Waals surface area contributed by atoms with Crippen LogP contribution in [0.3, 0.4) is 0 Å². The summed E-state index contributed by atoms with van der Waals surface area (Å²) in [5.74, 6) is -2.27. The van der Waals surface area contributed by atoms with Gasteiger partial charge in [-0.15, -0.1) is 13.2 Å². The Morgan fingerprint density at radius 2 is 1.75 bits per heavy atom. The van der Waals surface area contributed by atoms with Gasteiger partial charge in [-0.2, -0.15) is 0 Å². The van der Waals surface area contributed by atoms with Gasteiger partial charge in [-0.1, -0.05) is 12.1 Å². The van der Waals surface area contributed by atoms with E-state index in [0.717, 1.165) is 12.1 Å². The number of ether oxygens (including phenoxy) is 2. The van der Waals surface area contributed by atoms with Gasteiger partial charge in [0, 0.05) is 7.11 Å². The van der Waals surface area contributed by atoms with Crippen molar-refractivity contribution in [3.8, 4) is 5.75 Å². The third-order valence-electron chi connectivity index (χ3n) is 3.31. The molecule has 0 aliphatic heterocycles. The van der Waals surface area contributed by atoms with Gasteiger partial charge >= 0.3 is 12.3 Å². The summed E-state index contributed by atoms with van der Waals surface area (Å²) in [6, 6.07) is 3.57. The zero-order valence-electron chi connectivity index (χ0n) is 13.3. The molecule has 0 saturated heterocycles. The number of rotatable bonds is 7. The molecule has 0 heterocycles.